The number of hydrogen-bond donors (Lipinski definition) is 0. The van der Waals surface area contributed by atoms with Crippen LogP contribution in [0.2, 0.25) is 0 Å². The van der Waals surface area contributed by atoms with Crippen molar-refractivity contribution in [2.75, 3.05) is 13.1 Å². The molecule has 6 nitrogen and oxygen atoms in total. The van der Waals surface area contributed by atoms with E-state index in [0.29, 0.717) is 19.5 Å². The maximum Gasteiger partial charge on any atom is 0.250 e. The van der Waals surface area contributed by atoms with Crippen molar-refractivity contribution >= 4 is 11.8 Å². The van der Waals surface area contributed by atoms with Crippen LogP contribution in [-0.2, 0) is 22.7 Å². The molecule has 1 unspecified atom stereocenters. The molecule has 0 N–H and O–H groups in total. The molecule has 4 rings (SSSR count). The second-order valence-electron chi connectivity index (χ2n) is 6.99. The maximum atomic E-state index is 13.1. The summed E-state index contributed by atoms with van der Waals surface area (Å²) in [6.07, 6.45) is 9.27. The molecule has 0 aromatic carbocycles. The van der Waals surface area contributed by atoms with Crippen LogP contribution in [0.15, 0.2) is 23.9 Å². The van der Waals surface area contributed by atoms with Gasteiger partial charge in [0.05, 0.1) is 18.3 Å². The average Bonchev–Trinajstić information content (AvgIpc) is 3.30. The zero-order valence-corrected chi connectivity index (χ0v) is 14.0. The highest BCUT2D eigenvalue weighted by Crippen LogP contribution is 2.26. The van der Waals surface area contributed by atoms with Gasteiger partial charge in [-0.15, -0.1) is 0 Å². The number of aryl methyl sites for hydroxylation is 1. The molecule has 1 aromatic heterocycles. The van der Waals surface area contributed by atoms with Crippen molar-refractivity contribution in [3.63, 3.8) is 0 Å². The van der Waals surface area contributed by atoms with Gasteiger partial charge in [-0.1, -0.05) is 6.08 Å². The minimum Gasteiger partial charge on any atom is -0.341 e. The van der Waals surface area contributed by atoms with Crippen LogP contribution in [0.4, 0.5) is 0 Å². The number of carbonyl (C=O) groups is 2. The van der Waals surface area contributed by atoms with E-state index in [1.807, 2.05) is 20.5 Å². The lowest BCUT2D eigenvalue weighted by Crippen LogP contribution is -2.46. The molecule has 3 aliphatic rings. The highest BCUT2D eigenvalue weighted by atomic mass is 16.2. The highest BCUT2D eigenvalue weighted by molar-refractivity contribution is 5.94. The number of rotatable bonds is 3. The number of carbonyl (C=O) groups excluding carboxylic acids is 2. The molecule has 128 valence electrons. The van der Waals surface area contributed by atoms with E-state index in [0.717, 1.165) is 56.5 Å². The first kappa shape index (κ1) is 15.4. The molecule has 1 saturated heterocycles. The van der Waals surface area contributed by atoms with Crippen LogP contribution < -0.4 is 0 Å². The predicted molar refractivity (Wildman–Crippen MR) is 88.9 cm³/mol. The fraction of sp³-hybridized carbons (Fsp3) is 0.611. The van der Waals surface area contributed by atoms with E-state index >= 15 is 0 Å². The van der Waals surface area contributed by atoms with Crippen molar-refractivity contribution in [3.8, 4) is 0 Å². The molecule has 24 heavy (non-hydrogen) atoms. The normalized spacial score (nSPS) is 24.1. The van der Waals surface area contributed by atoms with Gasteiger partial charge in [-0.3, -0.25) is 14.3 Å². The van der Waals surface area contributed by atoms with Gasteiger partial charge in [-0.05, 0) is 38.2 Å². The summed E-state index contributed by atoms with van der Waals surface area (Å²) < 4.78 is 2.00. The second kappa shape index (κ2) is 6.42. The molecule has 0 bridgehead atoms. The number of amides is 2. The van der Waals surface area contributed by atoms with E-state index in [1.54, 1.807) is 6.20 Å². The van der Waals surface area contributed by atoms with Crippen LogP contribution in [0, 0.1) is 0 Å². The van der Waals surface area contributed by atoms with E-state index in [4.69, 9.17) is 0 Å². The van der Waals surface area contributed by atoms with Crippen LogP contribution in [0.5, 0.6) is 0 Å². The van der Waals surface area contributed by atoms with Crippen LogP contribution in [-0.4, -0.2) is 50.5 Å². The van der Waals surface area contributed by atoms with Crippen LogP contribution in [0.1, 0.15) is 44.2 Å². The highest BCUT2D eigenvalue weighted by Gasteiger charge is 2.33. The van der Waals surface area contributed by atoms with Crippen molar-refractivity contribution < 1.29 is 9.59 Å². The monoisotopic (exact) mass is 328 g/mol. The van der Waals surface area contributed by atoms with Gasteiger partial charge in [0.25, 0.3) is 0 Å². The minimum absolute atomic E-state index is 0.0720. The van der Waals surface area contributed by atoms with Gasteiger partial charge in [-0.25, -0.2) is 0 Å². The molecule has 2 amide bonds. The molecule has 2 aliphatic heterocycles. The summed E-state index contributed by atoms with van der Waals surface area (Å²) in [5.74, 6) is 0.378. The number of hydrogen-bond acceptors (Lipinski definition) is 3. The molecule has 3 heterocycles. The maximum absolute atomic E-state index is 13.1. The predicted octanol–water partition coefficient (Wildman–Crippen LogP) is 1.72. The summed E-state index contributed by atoms with van der Waals surface area (Å²) in [7, 11) is 0. The quantitative estimate of drug-likeness (QED) is 0.849. The van der Waals surface area contributed by atoms with Gasteiger partial charge in [0.1, 0.15) is 0 Å². The van der Waals surface area contributed by atoms with Gasteiger partial charge in [0.2, 0.25) is 11.8 Å². The number of nitrogens with zero attached hydrogens (tertiary/aromatic N) is 4. The number of fused-ring (bicyclic) bond motifs is 1. The Balaban J connectivity index is 1.58. The molecule has 1 aromatic rings. The van der Waals surface area contributed by atoms with E-state index in [-0.39, 0.29) is 17.9 Å². The van der Waals surface area contributed by atoms with Gasteiger partial charge in [0.15, 0.2) is 0 Å². The zero-order valence-electron chi connectivity index (χ0n) is 14.0. The van der Waals surface area contributed by atoms with Gasteiger partial charge in [-0.2, -0.15) is 5.10 Å². The third kappa shape index (κ3) is 2.85. The lowest BCUT2D eigenvalue weighted by atomic mass is 10.1. The van der Waals surface area contributed by atoms with E-state index in [1.165, 1.54) is 0 Å². The van der Waals surface area contributed by atoms with Crippen molar-refractivity contribution in [3.05, 3.63) is 29.6 Å². The van der Waals surface area contributed by atoms with Gasteiger partial charge >= 0.3 is 0 Å². The zero-order chi connectivity index (χ0) is 16.5. The smallest absolute Gasteiger partial charge is 0.250 e. The third-order valence-electron chi connectivity index (χ3n) is 5.43. The summed E-state index contributed by atoms with van der Waals surface area (Å²) in [5.41, 5.74) is 2.03. The van der Waals surface area contributed by atoms with Crippen molar-refractivity contribution in [2.24, 2.45) is 0 Å². The van der Waals surface area contributed by atoms with E-state index in [2.05, 4.69) is 11.2 Å². The van der Waals surface area contributed by atoms with Gasteiger partial charge in [0, 0.05) is 37.8 Å². The lowest BCUT2D eigenvalue weighted by molar-refractivity contribution is -0.134. The summed E-state index contributed by atoms with van der Waals surface area (Å²) in [5, 5.41) is 4.37. The van der Waals surface area contributed by atoms with E-state index < -0.39 is 0 Å². The summed E-state index contributed by atoms with van der Waals surface area (Å²) in [4.78, 5) is 29.0. The topological polar surface area (TPSA) is 58.4 Å². The molecule has 0 spiro atoms. The Morgan fingerprint density at radius 2 is 2.17 bits per heavy atom. The Bertz CT molecular complexity index is 678. The number of likely N-dealkylation sites (tertiary alicyclic amines) is 1. The Morgan fingerprint density at radius 1 is 1.25 bits per heavy atom. The molecule has 1 fully saturated rings. The minimum atomic E-state index is 0.0720. The third-order valence-corrected chi connectivity index (χ3v) is 5.43. The molecular formula is C18H24N4O2. The standard InChI is InChI=1S/C18H24N4O2/c23-17-6-3-10-20(17)12-15-8-11-22-16(7-9-19-22)13-21(15)18(24)14-4-1-2-5-14/h4,7,9,15H,1-3,5-6,8,10-13H2. The van der Waals surface area contributed by atoms with Crippen molar-refractivity contribution in [1.82, 2.24) is 19.6 Å². The first-order valence-electron chi connectivity index (χ1n) is 9.01. The first-order valence-corrected chi connectivity index (χ1v) is 9.01. The van der Waals surface area contributed by atoms with E-state index in [9.17, 15) is 9.59 Å². The molecular weight excluding hydrogens is 304 g/mol. The Morgan fingerprint density at radius 3 is 2.92 bits per heavy atom. The van der Waals surface area contributed by atoms with Gasteiger partial charge < -0.3 is 9.80 Å². The van der Waals surface area contributed by atoms with Crippen LogP contribution >= 0.6 is 0 Å². The molecule has 0 radical (unpaired) electrons. The summed E-state index contributed by atoms with van der Waals surface area (Å²) >= 11 is 0. The second-order valence-corrected chi connectivity index (χ2v) is 6.99. The van der Waals surface area contributed by atoms with Crippen molar-refractivity contribution in [2.45, 2.75) is 57.7 Å². The number of allylic oxidation sites excluding steroid dienone is 1. The van der Waals surface area contributed by atoms with Crippen LogP contribution in [0.25, 0.3) is 0 Å². The largest absolute Gasteiger partial charge is 0.341 e. The average molecular weight is 328 g/mol. The fourth-order valence-electron chi connectivity index (χ4n) is 4.05. The Kier molecular flexibility index (Phi) is 4.12. The lowest BCUT2D eigenvalue weighted by Gasteiger charge is -2.33. The van der Waals surface area contributed by atoms with Crippen LogP contribution in [0.3, 0.4) is 0 Å². The Hall–Kier alpha value is -2.11. The summed E-state index contributed by atoms with van der Waals surface area (Å²) in [6, 6.07) is 2.06. The molecule has 0 saturated carbocycles. The van der Waals surface area contributed by atoms with Crippen molar-refractivity contribution in [1.29, 1.82) is 0 Å². The fourth-order valence-corrected chi connectivity index (χ4v) is 4.05. The Labute approximate surface area is 142 Å². The number of aromatic nitrogens is 2. The molecule has 1 aliphatic carbocycles. The molecule has 6 heteroatoms. The first-order chi connectivity index (χ1) is 11.7. The molecule has 1 atom stereocenters. The SMILES string of the molecule is O=C1CCCN1CC1CCn2nccc2CN1C(=O)C1=CCCC1. The summed E-state index contributed by atoms with van der Waals surface area (Å²) in [6.45, 7) is 2.87.